The highest BCUT2D eigenvalue weighted by Crippen LogP contribution is 2.51. The smallest absolute Gasteiger partial charge is 0.352 e. The van der Waals surface area contributed by atoms with Gasteiger partial charge in [0, 0.05) is 5.69 Å². The first-order chi connectivity index (χ1) is 11.5. The van der Waals surface area contributed by atoms with E-state index in [4.69, 9.17) is 0 Å². The molecule has 0 bridgehead atoms. The summed E-state index contributed by atoms with van der Waals surface area (Å²) in [5.41, 5.74) is 3.25. The molecule has 4 nitrogen and oxygen atoms in total. The summed E-state index contributed by atoms with van der Waals surface area (Å²) in [6.07, 6.45) is 0. The van der Waals surface area contributed by atoms with E-state index >= 15 is 0 Å². The van der Waals surface area contributed by atoms with Crippen molar-refractivity contribution in [3.05, 3.63) is 90.5 Å². The van der Waals surface area contributed by atoms with Crippen LogP contribution in [0, 0.1) is 0 Å². The summed E-state index contributed by atoms with van der Waals surface area (Å²) in [6, 6.07) is 26.1. The fourth-order valence-corrected chi connectivity index (χ4v) is 3.45. The molecule has 0 heterocycles. The monoisotopic (exact) mass is 339 g/mol. The molecular weight excluding hydrogens is 321 g/mol. The highest BCUT2D eigenvalue weighted by Gasteiger charge is 2.30. The normalized spacial score (nSPS) is 12.6. The number of benzene rings is 3. The van der Waals surface area contributed by atoms with Crippen LogP contribution in [0.3, 0.4) is 0 Å². The van der Waals surface area contributed by atoms with Gasteiger partial charge in [-0.25, -0.2) is 0 Å². The zero-order valence-corrected chi connectivity index (χ0v) is 13.8. The zero-order valence-electron chi connectivity index (χ0n) is 12.9. The summed E-state index contributed by atoms with van der Waals surface area (Å²) in [5.74, 6) is -1.08. The van der Waals surface area contributed by atoms with Gasteiger partial charge in [-0.3, -0.25) is 4.57 Å². The Labute approximate surface area is 141 Å². The van der Waals surface area contributed by atoms with Gasteiger partial charge in [-0.2, -0.15) is 0 Å². The van der Waals surface area contributed by atoms with E-state index in [1.807, 2.05) is 54.6 Å². The maximum absolute atomic E-state index is 11.9. The number of hydrogen-bond acceptors (Lipinski definition) is 2. The minimum Gasteiger partial charge on any atom is -0.368 e. The minimum atomic E-state index is -4.36. The van der Waals surface area contributed by atoms with Gasteiger partial charge < -0.3 is 15.1 Å². The second-order valence-corrected chi connectivity index (χ2v) is 7.19. The Morgan fingerprint density at radius 2 is 1.33 bits per heavy atom. The Balaban J connectivity index is 1.93. The van der Waals surface area contributed by atoms with Crippen molar-refractivity contribution in [3.8, 4) is 11.1 Å². The van der Waals surface area contributed by atoms with Crippen LogP contribution in [-0.2, 0) is 4.57 Å². The molecule has 0 aromatic heterocycles. The number of nitrogens with one attached hydrogen (secondary N) is 1. The molecule has 3 aromatic carbocycles. The minimum absolute atomic E-state index is 0.552. The van der Waals surface area contributed by atoms with Crippen molar-refractivity contribution in [3.63, 3.8) is 0 Å². The Bertz CT molecular complexity index is 847. The standard InChI is InChI=1S/C19H18NO3P/c21-24(22,23)19(16-10-5-2-6-11-16)20-18-13-7-12-17(14-18)15-8-3-1-4-9-15/h1-14,19-20H,(H2,21,22,23). The zero-order chi connectivity index (χ0) is 17.0. The van der Waals surface area contributed by atoms with E-state index in [-0.39, 0.29) is 0 Å². The SMILES string of the molecule is O=P(O)(O)C(Nc1cccc(-c2ccccc2)c1)c1ccccc1. The van der Waals surface area contributed by atoms with Gasteiger partial charge >= 0.3 is 7.60 Å². The molecule has 0 aliphatic rings. The van der Waals surface area contributed by atoms with Crippen LogP contribution >= 0.6 is 7.60 Å². The number of rotatable bonds is 5. The topological polar surface area (TPSA) is 69.6 Å². The molecule has 122 valence electrons. The molecule has 0 saturated heterocycles. The first kappa shape index (κ1) is 16.5. The molecule has 1 atom stereocenters. The van der Waals surface area contributed by atoms with Crippen LogP contribution in [0.5, 0.6) is 0 Å². The lowest BCUT2D eigenvalue weighted by Crippen LogP contribution is -2.11. The average Bonchev–Trinajstić information content (AvgIpc) is 2.60. The summed E-state index contributed by atoms with van der Waals surface area (Å²) in [7, 11) is -4.36. The third-order valence-electron chi connectivity index (χ3n) is 3.72. The first-order valence-corrected chi connectivity index (χ1v) is 9.24. The highest BCUT2D eigenvalue weighted by molar-refractivity contribution is 7.52. The van der Waals surface area contributed by atoms with Gasteiger partial charge in [0.05, 0.1) is 0 Å². The number of hydrogen-bond donors (Lipinski definition) is 3. The van der Waals surface area contributed by atoms with Crippen molar-refractivity contribution in [2.45, 2.75) is 5.78 Å². The summed E-state index contributed by atoms with van der Waals surface area (Å²) in [4.78, 5) is 19.5. The highest BCUT2D eigenvalue weighted by atomic mass is 31.2. The quantitative estimate of drug-likeness (QED) is 0.592. The second kappa shape index (κ2) is 7.02. The molecule has 0 fully saturated rings. The predicted octanol–water partition coefficient (Wildman–Crippen LogP) is 4.64. The molecule has 0 spiro atoms. The molecule has 3 aromatic rings. The predicted molar refractivity (Wildman–Crippen MR) is 96.7 cm³/mol. The van der Waals surface area contributed by atoms with E-state index in [1.54, 1.807) is 30.3 Å². The van der Waals surface area contributed by atoms with Crippen LogP contribution in [0.4, 0.5) is 5.69 Å². The van der Waals surface area contributed by atoms with Crippen LogP contribution in [0.1, 0.15) is 11.3 Å². The Morgan fingerprint density at radius 3 is 1.96 bits per heavy atom. The van der Waals surface area contributed by atoms with Gasteiger partial charge in [0.25, 0.3) is 0 Å². The van der Waals surface area contributed by atoms with E-state index in [2.05, 4.69) is 5.32 Å². The molecule has 3 N–H and O–H groups in total. The lowest BCUT2D eigenvalue weighted by molar-refractivity contribution is 0.363. The average molecular weight is 339 g/mol. The molecule has 0 amide bonds. The van der Waals surface area contributed by atoms with Gasteiger partial charge in [-0.1, -0.05) is 72.8 Å². The largest absolute Gasteiger partial charge is 0.368 e. The van der Waals surface area contributed by atoms with E-state index in [1.165, 1.54) is 0 Å². The molecular formula is C19H18NO3P. The Kier molecular flexibility index (Phi) is 4.81. The fraction of sp³-hybridized carbons (Fsp3) is 0.0526. The van der Waals surface area contributed by atoms with E-state index in [0.717, 1.165) is 11.1 Å². The summed E-state index contributed by atoms with van der Waals surface area (Å²) in [5, 5.41) is 2.98. The van der Waals surface area contributed by atoms with E-state index in [9.17, 15) is 14.4 Å². The van der Waals surface area contributed by atoms with Crippen molar-refractivity contribution in [2.24, 2.45) is 0 Å². The Hall–Kier alpha value is -2.39. The van der Waals surface area contributed by atoms with Gasteiger partial charge in [0.1, 0.15) is 0 Å². The molecule has 0 aliphatic carbocycles. The summed E-state index contributed by atoms with van der Waals surface area (Å²) < 4.78 is 11.9. The van der Waals surface area contributed by atoms with Crippen molar-refractivity contribution >= 4 is 13.3 Å². The van der Waals surface area contributed by atoms with Crippen molar-refractivity contribution in [2.75, 3.05) is 5.32 Å². The second-order valence-electron chi connectivity index (χ2n) is 5.49. The Morgan fingerprint density at radius 1 is 0.750 bits per heavy atom. The van der Waals surface area contributed by atoms with Crippen LogP contribution in [0.25, 0.3) is 11.1 Å². The fourth-order valence-electron chi connectivity index (χ4n) is 2.57. The molecule has 0 aliphatic heterocycles. The van der Waals surface area contributed by atoms with Crippen molar-refractivity contribution in [1.29, 1.82) is 0 Å². The van der Waals surface area contributed by atoms with E-state index in [0.29, 0.717) is 11.3 Å². The van der Waals surface area contributed by atoms with Crippen LogP contribution in [-0.4, -0.2) is 9.79 Å². The number of anilines is 1. The molecule has 0 saturated carbocycles. The van der Waals surface area contributed by atoms with Crippen LogP contribution in [0.15, 0.2) is 84.9 Å². The lowest BCUT2D eigenvalue weighted by Gasteiger charge is -2.21. The van der Waals surface area contributed by atoms with Crippen LogP contribution < -0.4 is 5.32 Å². The van der Waals surface area contributed by atoms with Crippen molar-refractivity contribution < 1.29 is 14.4 Å². The van der Waals surface area contributed by atoms with Crippen molar-refractivity contribution in [1.82, 2.24) is 0 Å². The summed E-state index contributed by atoms with van der Waals surface area (Å²) >= 11 is 0. The van der Waals surface area contributed by atoms with Gasteiger partial charge in [0.15, 0.2) is 5.78 Å². The van der Waals surface area contributed by atoms with Gasteiger partial charge in [0.2, 0.25) is 0 Å². The maximum atomic E-state index is 11.9. The first-order valence-electron chi connectivity index (χ1n) is 7.56. The maximum Gasteiger partial charge on any atom is 0.352 e. The molecule has 1 unspecified atom stereocenters. The third-order valence-corrected chi connectivity index (χ3v) is 4.82. The molecule has 0 radical (unpaired) electrons. The summed E-state index contributed by atoms with van der Waals surface area (Å²) in [6.45, 7) is 0. The third kappa shape index (κ3) is 3.92. The van der Waals surface area contributed by atoms with E-state index < -0.39 is 13.4 Å². The van der Waals surface area contributed by atoms with Gasteiger partial charge in [-0.15, -0.1) is 0 Å². The molecule has 24 heavy (non-hydrogen) atoms. The molecule has 5 heteroatoms. The van der Waals surface area contributed by atoms with Gasteiger partial charge in [-0.05, 0) is 28.8 Å². The van der Waals surface area contributed by atoms with Crippen LogP contribution in [0.2, 0.25) is 0 Å². The molecule has 3 rings (SSSR count). The lowest BCUT2D eigenvalue weighted by atomic mass is 10.1.